The minimum Gasteiger partial charge on any atom is -0.392 e. The maximum atomic E-state index is 13.0. The molecule has 0 bridgehead atoms. The minimum absolute atomic E-state index is 0.166. The molecular weight excluding hydrogens is 340 g/mol. The monoisotopic (exact) mass is 372 g/mol. The first-order valence-electron chi connectivity index (χ1n) is 10.5. The summed E-state index contributed by atoms with van der Waals surface area (Å²) < 4.78 is 6.13. The van der Waals surface area contributed by atoms with Crippen LogP contribution in [0.5, 0.6) is 0 Å². The number of hydrogen-bond acceptors (Lipinski definition) is 4. The van der Waals surface area contributed by atoms with Crippen molar-refractivity contribution in [2.75, 3.05) is 39.3 Å². The number of likely N-dealkylation sites (tertiary alicyclic amines) is 2. The number of piperidine rings is 1. The normalized spacial score (nSPS) is 28.1. The number of aliphatic hydroxyl groups excluding tert-OH is 1. The number of nitrogens with zero attached hydrogens (tertiary/aromatic N) is 2. The Morgan fingerprint density at radius 2 is 2.04 bits per heavy atom. The van der Waals surface area contributed by atoms with Crippen molar-refractivity contribution in [2.24, 2.45) is 5.41 Å². The van der Waals surface area contributed by atoms with Crippen LogP contribution in [0, 0.1) is 5.41 Å². The van der Waals surface area contributed by atoms with Crippen molar-refractivity contribution >= 4 is 5.91 Å². The first kappa shape index (κ1) is 18.9. The van der Waals surface area contributed by atoms with E-state index in [0.29, 0.717) is 0 Å². The van der Waals surface area contributed by atoms with Crippen LogP contribution in [0.1, 0.15) is 48.5 Å². The second-order valence-electron chi connectivity index (χ2n) is 8.64. The Bertz CT molecular complexity index is 669. The molecule has 1 aromatic rings. The predicted molar refractivity (Wildman–Crippen MR) is 105 cm³/mol. The lowest BCUT2D eigenvalue weighted by molar-refractivity contribution is 0.0450. The average Bonchev–Trinajstić information content (AvgIpc) is 3.28. The van der Waals surface area contributed by atoms with Crippen molar-refractivity contribution < 1.29 is 14.6 Å². The number of hydrogen-bond donors (Lipinski definition) is 1. The van der Waals surface area contributed by atoms with Gasteiger partial charge in [-0.15, -0.1) is 0 Å². The van der Waals surface area contributed by atoms with Gasteiger partial charge in [-0.05, 0) is 49.1 Å². The largest absolute Gasteiger partial charge is 0.392 e. The molecule has 5 nitrogen and oxygen atoms in total. The van der Waals surface area contributed by atoms with Crippen LogP contribution >= 0.6 is 0 Å². The van der Waals surface area contributed by atoms with Gasteiger partial charge in [0.1, 0.15) is 0 Å². The van der Waals surface area contributed by atoms with E-state index in [1.165, 1.54) is 0 Å². The third-order valence-electron chi connectivity index (χ3n) is 6.74. The molecule has 3 saturated heterocycles. The number of rotatable bonds is 4. The molecule has 1 N–H and O–H groups in total. The van der Waals surface area contributed by atoms with Gasteiger partial charge in [-0.3, -0.25) is 9.69 Å². The van der Waals surface area contributed by atoms with Crippen LogP contribution in [0.3, 0.4) is 0 Å². The molecule has 0 saturated carbocycles. The maximum absolute atomic E-state index is 13.0. The Kier molecular flexibility index (Phi) is 5.53. The Morgan fingerprint density at radius 1 is 1.26 bits per heavy atom. The van der Waals surface area contributed by atoms with Crippen LogP contribution in [0.25, 0.3) is 0 Å². The molecular formula is C22H32N2O3. The van der Waals surface area contributed by atoms with E-state index in [1.54, 1.807) is 0 Å². The third-order valence-corrected chi connectivity index (χ3v) is 6.74. The lowest BCUT2D eigenvalue weighted by Gasteiger charge is -2.38. The smallest absolute Gasteiger partial charge is 0.254 e. The number of aryl methyl sites for hydroxylation is 1. The number of carbonyl (C=O) groups is 1. The number of ether oxygens (including phenoxy) is 1. The van der Waals surface area contributed by atoms with Crippen molar-refractivity contribution in [3.05, 3.63) is 35.4 Å². The molecule has 1 aromatic carbocycles. The van der Waals surface area contributed by atoms with Gasteiger partial charge in [0.25, 0.3) is 5.91 Å². The molecule has 0 aliphatic carbocycles. The molecule has 27 heavy (non-hydrogen) atoms. The summed E-state index contributed by atoms with van der Waals surface area (Å²) in [6.45, 7) is 7.28. The fourth-order valence-electron chi connectivity index (χ4n) is 5.02. The second-order valence-corrected chi connectivity index (χ2v) is 8.64. The Balaban J connectivity index is 1.32. The average molecular weight is 373 g/mol. The molecule has 4 rings (SSSR count). The Morgan fingerprint density at radius 3 is 2.74 bits per heavy atom. The van der Waals surface area contributed by atoms with Crippen LogP contribution in [0.15, 0.2) is 24.3 Å². The van der Waals surface area contributed by atoms with Crippen molar-refractivity contribution in [2.45, 2.75) is 51.2 Å². The second kappa shape index (κ2) is 7.90. The van der Waals surface area contributed by atoms with Gasteiger partial charge in [-0.25, -0.2) is 0 Å². The standard InChI is InChI=1S/C22H32N2O3/c1-2-17-5-3-4-6-20(17)21(26)24-11-8-22(9-12-24)13-19(27-16-22)15-23-10-7-18(25)14-23/h3-6,18-19,25H,2,7-16H2,1H3/t18-,19+/m0/s1. The van der Waals surface area contributed by atoms with Gasteiger partial charge in [0.15, 0.2) is 0 Å². The van der Waals surface area contributed by atoms with Crippen LogP contribution in [0.2, 0.25) is 0 Å². The summed E-state index contributed by atoms with van der Waals surface area (Å²) in [7, 11) is 0. The molecule has 0 unspecified atom stereocenters. The Hall–Kier alpha value is -1.43. The van der Waals surface area contributed by atoms with Gasteiger partial charge in [0, 0.05) is 38.3 Å². The maximum Gasteiger partial charge on any atom is 0.254 e. The highest BCUT2D eigenvalue weighted by molar-refractivity contribution is 5.95. The van der Waals surface area contributed by atoms with E-state index >= 15 is 0 Å². The van der Waals surface area contributed by atoms with E-state index < -0.39 is 0 Å². The molecule has 2 atom stereocenters. The van der Waals surface area contributed by atoms with Crippen LogP contribution < -0.4 is 0 Å². The van der Waals surface area contributed by atoms with E-state index in [1.807, 2.05) is 23.1 Å². The van der Waals surface area contributed by atoms with Crippen molar-refractivity contribution in [1.29, 1.82) is 0 Å². The highest BCUT2D eigenvalue weighted by Gasteiger charge is 2.43. The number of carbonyl (C=O) groups excluding carboxylic acids is 1. The molecule has 5 heteroatoms. The Labute approximate surface area is 162 Å². The third kappa shape index (κ3) is 4.05. The number of amides is 1. The SMILES string of the molecule is CCc1ccccc1C(=O)N1CCC2(CC1)CO[C@@H](CN1CC[C@H](O)C1)C2. The van der Waals surface area contributed by atoms with Gasteiger partial charge in [0.05, 0.1) is 18.8 Å². The summed E-state index contributed by atoms with van der Waals surface area (Å²) in [5.41, 5.74) is 2.24. The first-order chi connectivity index (χ1) is 13.1. The van der Waals surface area contributed by atoms with Gasteiger partial charge in [-0.2, -0.15) is 0 Å². The van der Waals surface area contributed by atoms with Crippen molar-refractivity contribution in [3.8, 4) is 0 Å². The van der Waals surface area contributed by atoms with E-state index in [9.17, 15) is 9.90 Å². The molecule has 148 valence electrons. The zero-order chi connectivity index (χ0) is 18.9. The van der Waals surface area contributed by atoms with Gasteiger partial charge in [-0.1, -0.05) is 25.1 Å². The fraction of sp³-hybridized carbons (Fsp3) is 0.682. The van der Waals surface area contributed by atoms with Crippen molar-refractivity contribution in [3.63, 3.8) is 0 Å². The quantitative estimate of drug-likeness (QED) is 0.881. The van der Waals surface area contributed by atoms with Gasteiger partial charge in [0.2, 0.25) is 0 Å². The summed E-state index contributed by atoms with van der Waals surface area (Å²) in [5.74, 6) is 0.184. The van der Waals surface area contributed by atoms with Crippen LogP contribution in [0.4, 0.5) is 0 Å². The van der Waals surface area contributed by atoms with Gasteiger partial charge >= 0.3 is 0 Å². The fourth-order valence-corrected chi connectivity index (χ4v) is 5.02. The molecule has 3 aliphatic heterocycles. The van der Waals surface area contributed by atoms with E-state index in [2.05, 4.69) is 17.9 Å². The highest BCUT2D eigenvalue weighted by Crippen LogP contribution is 2.42. The molecule has 3 fully saturated rings. The summed E-state index contributed by atoms with van der Waals surface area (Å²) >= 11 is 0. The number of β-amino-alcohol motifs (C(OH)–C–C–N with tert-alkyl or cyclic N) is 1. The molecule has 3 aliphatic rings. The van der Waals surface area contributed by atoms with Gasteiger partial charge < -0.3 is 14.7 Å². The van der Waals surface area contributed by atoms with E-state index in [0.717, 1.165) is 82.6 Å². The number of benzene rings is 1. The minimum atomic E-state index is -0.166. The lowest BCUT2D eigenvalue weighted by atomic mass is 9.76. The van der Waals surface area contributed by atoms with Crippen molar-refractivity contribution in [1.82, 2.24) is 9.80 Å². The molecule has 1 spiro atoms. The highest BCUT2D eigenvalue weighted by atomic mass is 16.5. The van der Waals surface area contributed by atoms with Crippen LogP contribution in [-0.2, 0) is 11.2 Å². The summed E-state index contributed by atoms with van der Waals surface area (Å²) in [6, 6.07) is 7.99. The topological polar surface area (TPSA) is 53.0 Å². The molecule has 1 amide bonds. The molecule has 0 radical (unpaired) electrons. The molecule has 0 aromatic heterocycles. The van der Waals surface area contributed by atoms with E-state index in [-0.39, 0.29) is 23.5 Å². The summed E-state index contributed by atoms with van der Waals surface area (Å²) in [4.78, 5) is 17.3. The zero-order valence-electron chi connectivity index (χ0n) is 16.4. The molecule has 3 heterocycles. The lowest BCUT2D eigenvalue weighted by Crippen LogP contribution is -2.44. The first-order valence-corrected chi connectivity index (χ1v) is 10.5. The zero-order valence-corrected chi connectivity index (χ0v) is 16.4. The predicted octanol–water partition coefficient (Wildman–Crippen LogP) is 2.33. The summed E-state index contributed by atoms with van der Waals surface area (Å²) in [6.07, 6.45) is 5.04. The summed E-state index contributed by atoms with van der Waals surface area (Å²) in [5, 5.41) is 9.71. The van der Waals surface area contributed by atoms with E-state index in [4.69, 9.17) is 4.74 Å². The van der Waals surface area contributed by atoms with Crippen LogP contribution in [-0.4, -0.2) is 72.4 Å². The number of aliphatic hydroxyl groups is 1.